The van der Waals surface area contributed by atoms with Gasteiger partial charge in [-0.15, -0.1) is 0 Å². The molecule has 1 aromatic carbocycles. The first-order valence-electron chi connectivity index (χ1n) is 9.06. The third-order valence-corrected chi connectivity index (χ3v) is 4.66. The van der Waals surface area contributed by atoms with Crippen LogP contribution in [0.4, 0.5) is 5.82 Å². The Morgan fingerprint density at radius 3 is 2.69 bits per heavy atom. The highest BCUT2D eigenvalue weighted by atomic mass is 16.5. The van der Waals surface area contributed by atoms with Crippen molar-refractivity contribution in [3.8, 4) is 11.6 Å². The lowest BCUT2D eigenvalue weighted by atomic mass is 10.1. The number of aryl methyl sites for hydroxylation is 1. The van der Waals surface area contributed by atoms with Gasteiger partial charge in [0.15, 0.2) is 0 Å². The van der Waals surface area contributed by atoms with E-state index < -0.39 is 0 Å². The van der Waals surface area contributed by atoms with Crippen molar-refractivity contribution in [3.05, 3.63) is 42.2 Å². The minimum atomic E-state index is 0.0252. The van der Waals surface area contributed by atoms with Gasteiger partial charge in [-0.05, 0) is 25.5 Å². The molecule has 1 aliphatic rings. The molecule has 3 rings (SSSR count). The molecule has 0 spiro atoms. The predicted molar refractivity (Wildman–Crippen MR) is 102 cm³/mol. The van der Waals surface area contributed by atoms with Gasteiger partial charge in [0.2, 0.25) is 11.8 Å². The molecule has 2 heterocycles. The molecule has 1 atom stereocenters. The van der Waals surface area contributed by atoms with E-state index in [1.807, 2.05) is 56.0 Å². The molecule has 1 unspecified atom stereocenters. The summed E-state index contributed by atoms with van der Waals surface area (Å²) in [5.74, 6) is 2.38. The van der Waals surface area contributed by atoms with Gasteiger partial charge in [-0.25, -0.2) is 9.97 Å². The number of piperazine rings is 1. The molecule has 0 saturated carbocycles. The highest BCUT2D eigenvalue weighted by Crippen LogP contribution is 2.26. The predicted octanol–water partition coefficient (Wildman–Crippen LogP) is 3.27. The van der Waals surface area contributed by atoms with Gasteiger partial charge in [0.05, 0.1) is 0 Å². The van der Waals surface area contributed by atoms with Gasteiger partial charge in [-0.1, -0.05) is 32.0 Å². The van der Waals surface area contributed by atoms with Crippen molar-refractivity contribution in [2.75, 3.05) is 24.5 Å². The van der Waals surface area contributed by atoms with Crippen molar-refractivity contribution in [3.63, 3.8) is 0 Å². The first kappa shape index (κ1) is 18.2. The van der Waals surface area contributed by atoms with Crippen LogP contribution < -0.4 is 9.64 Å². The van der Waals surface area contributed by atoms with E-state index in [2.05, 4.69) is 21.8 Å². The van der Waals surface area contributed by atoms with E-state index in [0.29, 0.717) is 12.4 Å². The van der Waals surface area contributed by atoms with Crippen LogP contribution in [0.5, 0.6) is 11.6 Å². The lowest BCUT2D eigenvalue weighted by Gasteiger charge is -2.41. The zero-order valence-electron chi connectivity index (χ0n) is 15.8. The Morgan fingerprint density at radius 2 is 2.00 bits per heavy atom. The third kappa shape index (κ3) is 3.95. The number of aromatic nitrogens is 2. The topological polar surface area (TPSA) is 58.6 Å². The molecule has 26 heavy (non-hydrogen) atoms. The SMILES string of the molecule is Cc1ccccc1Oc1cc(N2CCN(C(=O)C(C)C)C(C)C2)ncn1. The summed E-state index contributed by atoms with van der Waals surface area (Å²) in [6, 6.07) is 9.86. The molecule has 0 radical (unpaired) electrons. The molecule has 0 bridgehead atoms. The quantitative estimate of drug-likeness (QED) is 0.843. The zero-order chi connectivity index (χ0) is 18.7. The molecule has 1 amide bonds. The van der Waals surface area contributed by atoms with E-state index in [-0.39, 0.29) is 17.9 Å². The number of anilines is 1. The average Bonchev–Trinajstić information content (AvgIpc) is 2.63. The van der Waals surface area contributed by atoms with E-state index in [9.17, 15) is 4.79 Å². The Morgan fingerprint density at radius 1 is 1.23 bits per heavy atom. The number of hydrogen-bond donors (Lipinski definition) is 0. The van der Waals surface area contributed by atoms with E-state index in [1.54, 1.807) is 0 Å². The summed E-state index contributed by atoms with van der Waals surface area (Å²) in [6.45, 7) is 10.2. The van der Waals surface area contributed by atoms with Crippen LogP contribution in [0.25, 0.3) is 0 Å². The summed E-state index contributed by atoms with van der Waals surface area (Å²) in [5.41, 5.74) is 1.06. The van der Waals surface area contributed by atoms with Crippen LogP contribution in [0.1, 0.15) is 26.3 Å². The van der Waals surface area contributed by atoms with Crippen LogP contribution in [-0.2, 0) is 4.79 Å². The molecule has 1 fully saturated rings. The average molecular weight is 354 g/mol. The molecular formula is C20H26N4O2. The van der Waals surface area contributed by atoms with Crippen molar-refractivity contribution in [2.24, 2.45) is 5.92 Å². The van der Waals surface area contributed by atoms with E-state index in [4.69, 9.17) is 4.74 Å². The number of rotatable bonds is 4. The second kappa shape index (κ2) is 7.72. The number of ether oxygens (including phenoxy) is 1. The second-order valence-corrected chi connectivity index (χ2v) is 7.06. The summed E-state index contributed by atoms with van der Waals surface area (Å²) < 4.78 is 5.92. The number of carbonyl (C=O) groups excluding carboxylic acids is 1. The Kier molecular flexibility index (Phi) is 5.40. The first-order chi connectivity index (χ1) is 12.5. The number of para-hydroxylation sites is 1. The van der Waals surface area contributed by atoms with Crippen molar-refractivity contribution in [1.82, 2.24) is 14.9 Å². The van der Waals surface area contributed by atoms with Crippen molar-refractivity contribution < 1.29 is 9.53 Å². The first-order valence-corrected chi connectivity index (χ1v) is 9.06. The van der Waals surface area contributed by atoms with Gasteiger partial charge in [0, 0.05) is 37.7 Å². The number of carbonyl (C=O) groups is 1. The summed E-state index contributed by atoms with van der Waals surface area (Å²) in [5, 5.41) is 0. The van der Waals surface area contributed by atoms with Gasteiger partial charge in [0.25, 0.3) is 0 Å². The molecule has 6 nitrogen and oxygen atoms in total. The number of nitrogens with zero attached hydrogens (tertiary/aromatic N) is 4. The maximum absolute atomic E-state index is 12.3. The Bertz CT molecular complexity index is 778. The lowest BCUT2D eigenvalue weighted by Crippen LogP contribution is -2.55. The van der Waals surface area contributed by atoms with Crippen LogP contribution in [0.2, 0.25) is 0 Å². The maximum atomic E-state index is 12.3. The van der Waals surface area contributed by atoms with Gasteiger partial charge >= 0.3 is 0 Å². The Hall–Kier alpha value is -2.63. The molecule has 0 N–H and O–H groups in total. The second-order valence-electron chi connectivity index (χ2n) is 7.06. The molecule has 6 heteroatoms. The molecule has 0 aliphatic carbocycles. The molecule has 2 aromatic rings. The standard InChI is InChI=1S/C20H26N4O2/c1-14(2)20(25)24-10-9-23(12-16(24)4)18-11-19(22-13-21-18)26-17-8-6-5-7-15(17)3/h5-8,11,13-14,16H,9-10,12H2,1-4H3. The Balaban J connectivity index is 1.71. The molecule has 138 valence electrons. The van der Waals surface area contributed by atoms with Gasteiger partial charge in [-0.2, -0.15) is 0 Å². The van der Waals surface area contributed by atoms with Crippen molar-refractivity contribution in [2.45, 2.75) is 33.7 Å². The van der Waals surface area contributed by atoms with E-state index in [1.165, 1.54) is 6.33 Å². The smallest absolute Gasteiger partial charge is 0.225 e. The molecule has 1 aliphatic heterocycles. The highest BCUT2D eigenvalue weighted by molar-refractivity contribution is 5.78. The molecule has 1 saturated heterocycles. The number of hydrogen-bond acceptors (Lipinski definition) is 5. The summed E-state index contributed by atoms with van der Waals surface area (Å²) in [7, 11) is 0. The number of amides is 1. The fraction of sp³-hybridized carbons (Fsp3) is 0.450. The zero-order valence-corrected chi connectivity index (χ0v) is 15.8. The lowest BCUT2D eigenvalue weighted by molar-refractivity contribution is -0.136. The highest BCUT2D eigenvalue weighted by Gasteiger charge is 2.29. The minimum Gasteiger partial charge on any atom is -0.439 e. The fourth-order valence-electron chi connectivity index (χ4n) is 3.17. The maximum Gasteiger partial charge on any atom is 0.225 e. The molecule has 1 aromatic heterocycles. The Labute approximate surface area is 154 Å². The normalized spacial score (nSPS) is 17.5. The monoisotopic (exact) mass is 354 g/mol. The van der Waals surface area contributed by atoms with Crippen LogP contribution in [0.15, 0.2) is 36.7 Å². The van der Waals surface area contributed by atoms with Gasteiger partial charge in [-0.3, -0.25) is 4.79 Å². The summed E-state index contributed by atoms with van der Waals surface area (Å²) in [4.78, 5) is 25.1. The van der Waals surface area contributed by atoms with Gasteiger partial charge in [0.1, 0.15) is 17.9 Å². The summed E-state index contributed by atoms with van der Waals surface area (Å²) in [6.07, 6.45) is 1.53. The molecular weight excluding hydrogens is 328 g/mol. The van der Waals surface area contributed by atoms with Crippen LogP contribution in [0, 0.1) is 12.8 Å². The van der Waals surface area contributed by atoms with Crippen LogP contribution in [-0.4, -0.2) is 46.5 Å². The number of benzene rings is 1. The van der Waals surface area contributed by atoms with E-state index in [0.717, 1.165) is 30.2 Å². The van der Waals surface area contributed by atoms with Crippen molar-refractivity contribution in [1.29, 1.82) is 0 Å². The van der Waals surface area contributed by atoms with Crippen molar-refractivity contribution >= 4 is 11.7 Å². The van der Waals surface area contributed by atoms with Gasteiger partial charge < -0.3 is 14.5 Å². The fourth-order valence-corrected chi connectivity index (χ4v) is 3.17. The summed E-state index contributed by atoms with van der Waals surface area (Å²) >= 11 is 0. The van der Waals surface area contributed by atoms with Crippen LogP contribution >= 0.6 is 0 Å². The largest absolute Gasteiger partial charge is 0.439 e. The minimum absolute atomic E-state index is 0.0252. The van der Waals surface area contributed by atoms with E-state index >= 15 is 0 Å². The van der Waals surface area contributed by atoms with Crippen LogP contribution in [0.3, 0.4) is 0 Å². The third-order valence-electron chi connectivity index (χ3n) is 4.66.